The van der Waals surface area contributed by atoms with Gasteiger partial charge in [-0.3, -0.25) is 10.1 Å². The maximum Gasteiger partial charge on any atom is 0.194 e. The summed E-state index contributed by atoms with van der Waals surface area (Å²) in [7, 11) is 5.86. The van der Waals surface area contributed by atoms with Gasteiger partial charge in [-0.25, -0.2) is 0 Å². The minimum atomic E-state index is 0. The molecule has 0 amide bonds. The summed E-state index contributed by atoms with van der Waals surface area (Å²) < 4.78 is 2.11. The molecule has 0 radical (unpaired) electrons. The maximum absolute atomic E-state index is 4.29. The van der Waals surface area contributed by atoms with Crippen molar-refractivity contribution >= 4 is 29.9 Å². The summed E-state index contributed by atoms with van der Waals surface area (Å²) in [5.74, 6) is 0.857. The highest BCUT2D eigenvalue weighted by Gasteiger charge is 2.08. The van der Waals surface area contributed by atoms with Crippen LogP contribution in [-0.2, 0) is 20.1 Å². The first kappa shape index (κ1) is 16.5. The second kappa shape index (κ2) is 7.93. The number of halogens is 1. The zero-order valence-corrected chi connectivity index (χ0v) is 14.3. The van der Waals surface area contributed by atoms with Crippen LogP contribution in [0.1, 0.15) is 11.4 Å². The normalized spacial score (nSPS) is 11.1. The predicted molar refractivity (Wildman–Crippen MR) is 91.1 cm³/mol. The van der Waals surface area contributed by atoms with Gasteiger partial charge < -0.3 is 14.8 Å². The molecule has 20 heavy (non-hydrogen) atoms. The van der Waals surface area contributed by atoms with Crippen molar-refractivity contribution in [1.82, 2.24) is 25.0 Å². The number of aryl methyl sites for hydroxylation is 1. The third-order valence-electron chi connectivity index (χ3n) is 3.02. The molecule has 0 atom stereocenters. The van der Waals surface area contributed by atoms with Crippen LogP contribution in [0.25, 0.3) is 0 Å². The molecule has 0 aliphatic rings. The van der Waals surface area contributed by atoms with Crippen molar-refractivity contribution < 1.29 is 0 Å². The van der Waals surface area contributed by atoms with Gasteiger partial charge in [0.15, 0.2) is 5.96 Å². The fourth-order valence-corrected chi connectivity index (χ4v) is 1.92. The van der Waals surface area contributed by atoms with Gasteiger partial charge in [0.25, 0.3) is 0 Å². The van der Waals surface area contributed by atoms with Crippen LogP contribution in [0.3, 0.4) is 0 Å². The van der Waals surface area contributed by atoms with Crippen molar-refractivity contribution in [3.05, 3.63) is 42.0 Å². The van der Waals surface area contributed by atoms with E-state index in [9.17, 15) is 0 Å². The van der Waals surface area contributed by atoms with E-state index in [1.807, 2.05) is 32.4 Å². The van der Waals surface area contributed by atoms with Gasteiger partial charge in [-0.2, -0.15) is 5.10 Å². The van der Waals surface area contributed by atoms with E-state index >= 15 is 0 Å². The number of guanidine groups is 1. The Morgan fingerprint density at radius 2 is 2.30 bits per heavy atom. The van der Waals surface area contributed by atoms with Crippen LogP contribution in [0, 0.1) is 0 Å². The molecule has 2 aromatic rings. The summed E-state index contributed by atoms with van der Waals surface area (Å²) in [5.41, 5.74) is 2.28. The number of aliphatic imine (C=N–C) groups is 1. The highest BCUT2D eigenvalue weighted by molar-refractivity contribution is 14.0. The second-order valence-corrected chi connectivity index (χ2v) is 4.45. The van der Waals surface area contributed by atoms with Gasteiger partial charge in [-0.15, -0.1) is 24.0 Å². The molecule has 6 nitrogen and oxygen atoms in total. The summed E-state index contributed by atoms with van der Waals surface area (Å²) in [6.07, 6.45) is 3.79. The molecule has 0 bridgehead atoms. The first-order valence-corrected chi connectivity index (χ1v) is 6.21. The fourth-order valence-electron chi connectivity index (χ4n) is 1.92. The number of aromatic amines is 1. The molecule has 2 heterocycles. The van der Waals surface area contributed by atoms with Gasteiger partial charge in [-0.05, 0) is 18.2 Å². The fraction of sp³-hybridized carbons (Fsp3) is 0.385. The van der Waals surface area contributed by atoms with Gasteiger partial charge in [-0.1, -0.05) is 0 Å². The lowest BCUT2D eigenvalue weighted by Gasteiger charge is -2.22. The first-order chi connectivity index (χ1) is 9.20. The lowest BCUT2D eigenvalue weighted by atomic mass is 10.4. The Hall–Kier alpha value is -1.51. The SMILES string of the molecule is CN=C(NCc1ccn[nH]1)N(C)Cc1cccn1C.I. The van der Waals surface area contributed by atoms with Crippen LogP contribution in [0.15, 0.2) is 35.6 Å². The molecule has 7 heteroatoms. The molecule has 0 aliphatic heterocycles. The molecule has 0 aromatic carbocycles. The third-order valence-corrected chi connectivity index (χ3v) is 3.02. The summed E-state index contributed by atoms with van der Waals surface area (Å²) in [6.45, 7) is 1.50. The lowest BCUT2D eigenvalue weighted by Crippen LogP contribution is -2.38. The molecular formula is C13H21IN6. The van der Waals surface area contributed by atoms with E-state index in [4.69, 9.17) is 0 Å². The molecule has 2 aromatic heterocycles. The van der Waals surface area contributed by atoms with Crippen LogP contribution >= 0.6 is 24.0 Å². The first-order valence-electron chi connectivity index (χ1n) is 6.21. The summed E-state index contributed by atoms with van der Waals surface area (Å²) in [5, 5.41) is 10.1. The van der Waals surface area contributed by atoms with Crippen molar-refractivity contribution in [2.24, 2.45) is 12.0 Å². The molecule has 0 saturated carbocycles. The predicted octanol–water partition coefficient (Wildman–Crippen LogP) is 1.57. The average Bonchev–Trinajstić information content (AvgIpc) is 3.03. The van der Waals surface area contributed by atoms with Crippen molar-refractivity contribution in [2.45, 2.75) is 13.1 Å². The number of rotatable bonds is 4. The number of aromatic nitrogens is 3. The van der Waals surface area contributed by atoms with E-state index in [0.717, 1.165) is 18.2 Å². The number of hydrogen-bond acceptors (Lipinski definition) is 2. The summed E-state index contributed by atoms with van der Waals surface area (Å²) in [4.78, 5) is 6.37. The summed E-state index contributed by atoms with van der Waals surface area (Å²) in [6, 6.07) is 6.10. The average molecular weight is 388 g/mol. The Kier molecular flexibility index (Phi) is 6.56. The van der Waals surface area contributed by atoms with Gasteiger partial charge in [0.2, 0.25) is 0 Å². The van der Waals surface area contributed by atoms with Crippen LogP contribution in [0.4, 0.5) is 0 Å². The highest BCUT2D eigenvalue weighted by Crippen LogP contribution is 2.03. The van der Waals surface area contributed by atoms with Crippen LogP contribution in [0.5, 0.6) is 0 Å². The zero-order chi connectivity index (χ0) is 13.7. The molecule has 0 unspecified atom stereocenters. The largest absolute Gasteiger partial charge is 0.353 e. The standard InChI is InChI=1S/C13H20N6.HI/c1-14-13(15-9-11-6-7-16-17-11)19(3)10-12-5-4-8-18(12)2;/h4-8H,9-10H2,1-3H3,(H,14,15)(H,16,17);1H. The molecule has 110 valence electrons. The van der Waals surface area contributed by atoms with E-state index in [1.54, 1.807) is 13.2 Å². The quantitative estimate of drug-likeness (QED) is 0.475. The number of hydrogen-bond donors (Lipinski definition) is 2. The van der Waals surface area contributed by atoms with Crippen molar-refractivity contribution in [3.63, 3.8) is 0 Å². The molecule has 0 fully saturated rings. The van der Waals surface area contributed by atoms with E-state index < -0.39 is 0 Å². The van der Waals surface area contributed by atoms with Crippen molar-refractivity contribution in [2.75, 3.05) is 14.1 Å². The Morgan fingerprint density at radius 3 is 2.85 bits per heavy atom. The van der Waals surface area contributed by atoms with Gasteiger partial charge in [0, 0.05) is 39.2 Å². The molecule has 2 rings (SSSR count). The van der Waals surface area contributed by atoms with Gasteiger partial charge in [0.05, 0.1) is 18.8 Å². The Labute approximate surface area is 136 Å². The second-order valence-electron chi connectivity index (χ2n) is 4.45. The Morgan fingerprint density at radius 1 is 1.50 bits per heavy atom. The Balaban J connectivity index is 0.00000200. The van der Waals surface area contributed by atoms with Gasteiger partial charge >= 0.3 is 0 Å². The van der Waals surface area contributed by atoms with E-state index in [0.29, 0.717) is 6.54 Å². The van der Waals surface area contributed by atoms with E-state index in [1.165, 1.54) is 5.69 Å². The Bertz CT molecular complexity index is 531. The van der Waals surface area contributed by atoms with Crippen LogP contribution in [0.2, 0.25) is 0 Å². The molecular weight excluding hydrogens is 367 g/mol. The smallest absolute Gasteiger partial charge is 0.194 e. The van der Waals surface area contributed by atoms with Crippen molar-refractivity contribution in [3.8, 4) is 0 Å². The number of nitrogens with one attached hydrogen (secondary N) is 2. The minimum absolute atomic E-state index is 0. The number of nitrogens with zero attached hydrogens (tertiary/aromatic N) is 4. The lowest BCUT2D eigenvalue weighted by molar-refractivity contribution is 0.461. The molecule has 0 saturated heterocycles. The molecule has 0 aliphatic carbocycles. The monoisotopic (exact) mass is 388 g/mol. The molecule has 2 N–H and O–H groups in total. The third kappa shape index (κ3) is 4.26. The van der Waals surface area contributed by atoms with E-state index in [2.05, 4.69) is 36.0 Å². The van der Waals surface area contributed by atoms with Crippen LogP contribution < -0.4 is 5.32 Å². The maximum atomic E-state index is 4.29. The van der Waals surface area contributed by atoms with Crippen molar-refractivity contribution in [1.29, 1.82) is 0 Å². The van der Waals surface area contributed by atoms with Crippen LogP contribution in [-0.4, -0.2) is 39.7 Å². The minimum Gasteiger partial charge on any atom is -0.353 e. The highest BCUT2D eigenvalue weighted by atomic mass is 127. The topological polar surface area (TPSA) is 61.2 Å². The van der Waals surface area contributed by atoms with E-state index in [-0.39, 0.29) is 24.0 Å². The number of H-pyrrole nitrogens is 1. The summed E-state index contributed by atoms with van der Waals surface area (Å²) >= 11 is 0. The zero-order valence-electron chi connectivity index (χ0n) is 12.0. The van der Waals surface area contributed by atoms with Gasteiger partial charge in [0.1, 0.15) is 0 Å². The molecule has 0 spiro atoms.